The van der Waals surface area contributed by atoms with Crippen molar-refractivity contribution in [3.8, 4) is 0 Å². The number of alkyl halides is 3. The van der Waals surface area contributed by atoms with Gasteiger partial charge in [0.1, 0.15) is 6.61 Å². The van der Waals surface area contributed by atoms with Crippen LogP contribution in [0.3, 0.4) is 0 Å². The van der Waals surface area contributed by atoms with E-state index in [4.69, 9.17) is 4.74 Å². The van der Waals surface area contributed by atoms with Crippen molar-refractivity contribution in [2.24, 2.45) is 0 Å². The van der Waals surface area contributed by atoms with Crippen molar-refractivity contribution in [1.29, 1.82) is 0 Å². The Morgan fingerprint density at radius 2 is 1.95 bits per heavy atom. The highest BCUT2D eigenvalue weighted by molar-refractivity contribution is 5.91. The number of rotatable bonds is 3. The Labute approximate surface area is 113 Å². The third-order valence-corrected chi connectivity index (χ3v) is 2.51. The number of carbonyl (C=O) groups excluding carboxylic acids is 1. The number of hydrogen-bond donors (Lipinski definition) is 0. The number of halogens is 3. The summed E-state index contributed by atoms with van der Waals surface area (Å²) in [5, 5.41) is 0. The fourth-order valence-corrected chi connectivity index (χ4v) is 1.55. The number of aromatic nitrogens is 1. The average molecular weight is 280 g/mol. The number of nitrogens with zero attached hydrogens (tertiary/aromatic N) is 1. The molecule has 2 aromatic rings. The molecule has 6 heteroatoms. The van der Waals surface area contributed by atoms with Crippen LogP contribution in [0.25, 0.3) is 0 Å². The normalized spacial score (nSPS) is 11.2. The van der Waals surface area contributed by atoms with Crippen molar-refractivity contribution in [3.63, 3.8) is 0 Å². The molecular formula is C14H9F3NO2. The van der Waals surface area contributed by atoms with E-state index in [-0.39, 0.29) is 6.61 Å². The van der Waals surface area contributed by atoms with Gasteiger partial charge in [0.15, 0.2) is 0 Å². The molecule has 3 nitrogen and oxygen atoms in total. The molecular weight excluding hydrogens is 271 g/mol. The fourth-order valence-electron chi connectivity index (χ4n) is 1.55. The van der Waals surface area contributed by atoms with Gasteiger partial charge in [-0.3, -0.25) is 4.98 Å². The Balaban J connectivity index is 2.14. The van der Waals surface area contributed by atoms with E-state index in [1.807, 2.05) is 0 Å². The molecule has 0 N–H and O–H groups in total. The van der Waals surface area contributed by atoms with Gasteiger partial charge in [-0.1, -0.05) is 30.3 Å². The molecule has 103 valence electrons. The van der Waals surface area contributed by atoms with Crippen molar-refractivity contribution < 1.29 is 22.7 Å². The number of ether oxygens (including phenoxy) is 1. The highest BCUT2D eigenvalue weighted by atomic mass is 19.4. The van der Waals surface area contributed by atoms with E-state index in [0.29, 0.717) is 11.8 Å². The number of benzene rings is 1. The molecule has 0 bridgehead atoms. The minimum Gasteiger partial charge on any atom is -0.457 e. The Morgan fingerprint density at radius 1 is 1.25 bits per heavy atom. The van der Waals surface area contributed by atoms with E-state index >= 15 is 0 Å². The summed E-state index contributed by atoms with van der Waals surface area (Å²) in [7, 11) is 0. The molecule has 0 atom stereocenters. The van der Waals surface area contributed by atoms with Crippen LogP contribution in [-0.2, 0) is 17.5 Å². The van der Waals surface area contributed by atoms with Crippen LogP contribution in [0, 0.1) is 6.20 Å². The second-order valence-electron chi connectivity index (χ2n) is 3.92. The Kier molecular flexibility index (Phi) is 4.02. The van der Waals surface area contributed by atoms with Crippen LogP contribution in [0.2, 0.25) is 0 Å². The third-order valence-electron chi connectivity index (χ3n) is 2.51. The summed E-state index contributed by atoms with van der Waals surface area (Å²) in [6.45, 7) is -0.0979. The SMILES string of the molecule is O=C(OCc1ccccc1)c1c[c]ncc1C(F)(F)F. The minimum atomic E-state index is -4.66. The van der Waals surface area contributed by atoms with Crippen molar-refractivity contribution in [3.05, 3.63) is 65.5 Å². The third kappa shape index (κ3) is 3.34. The lowest BCUT2D eigenvalue weighted by molar-refractivity contribution is -0.138. The second kappa shape index (κ2) is 5.73. The molecule has 0 aliphatic rings. The first-order valence-corrected chi connectivity index (χ1v) is 5.63. The summed E-state index contributed by atoms with van der Waals surface area (Å²) in [6.07, 6.45) is -1.91. The lowest BCUT2D eigenvalue weighted by Crippen LogP contribution is -2.15. The molecule has 0 spiro atoms. The van der Waals surface area contributed by atoms with Crippen LogP contribution in [-0.4, -0.2) is 11.0 Å². The molecule has 0 amide bonds. The van der Waals surface area contributed by atoms with Gasteiger partial charge >= 0.3 is 12.1 Å². The molecule has 1 aromatic carbocycles. The van der Waals surface area contributed by atoms with E-state index in [9.17, 15) is 18.0 Å². The van der Waals surface area contributed by atoms with Gasteiger partial charge in [0, 0.05) is 6.20 Å². The second-order valence-corrected chi connectivity index (χ2v) is 3.92. The van der Waals surface area contributed by atoms with E-state index in [1.165, 1.54) is 0 Å². The van der Waals surface area contributed by atoms with Gasteiger partial charge in [-0.25, -0.2) is 4.79 Å². The van der Waals surface area contributed by atoms with E-state index in [0.717, 1.165) is 6.07 Å². The zero-order chi connectivity index (χ0) is 14.6. The first-order valence-electron chi connectivity index (χ1n) is 5.63. The lowest BCUT2D eigenvalue weighted by atomic mass is 10.1. The highest BCUT2D eigenvalue weighted by Gasteiger charge is 2.36. The van der Waals surface area contributed by atoms with Crippen LogP contribution in [0.5, 0.6) is 0 Å². The number of pyridine rings is 1. The maximum absolute atomic E-state index is 12.7. The van der Waals surface area contributed by atoms with Crippen molar-refractivity contribution >= 4 is 5.97 Å². The summed E-state index contributed by atoms with van der Waals surface area (Å²) < 4.78 is 43.0. The number of esters is 1. The maximum atomic E-state index is 12.7. The van der Waals surface area contributed by atoms with Crippen LogP contribution in [0.15, 0.2) is 42.6 Å². The topological polar surface area (TPSA) is 39.2 Å². The fraction of sp³-hybridized carbons (Fsp3) is 0.143. The van der Waals surface area contributed by atoms with Crippen molar-refractivity contribution in [2.75, 3.05) is 0 Å². The maximum Gasteiger partial charge on any atom is 0.418 e. The lowest BCUT2D eigenvalue weighted by Gasteiger charge is -2.11. The Hall–Kier alpha value is -2.37. The van der Waals surface area contributed by atoms with Crippen molar-refractivity contribution in [2.45, 2.75) is 12.8 Å². The zero-order valence-corrected chi connectivity index (χ0v) is 10.1. The van der Waals surface area contributed by atoms with E-state index in [1.54, 1.807) is 30.3 Å². The monoisotopic (exact) mass is 280 g/mol. The number of carbonyl (C=O) groups is 1. The smallest absolute Gasteiger partial charge is 0.418 e. The molecule has 0 saturated heterocycles. The Morgan fingerprint density at radius 3 is 2.60 bits per heavy atom. The average Bonchev–Trinajstić information content (AvgIpc) is 2.45. The first-order chi connectivity index (χ1) is 9.48. The first kappa shape index (κ1) is 14.0. The van der Waals surface area contributed by atoms with E-state index < -0.39 is 23.3 Å². The van der Waals surface area contributed by atoms with Gasteiger partial charge in [-0.2, -0.15) is 13.2 Å². The molecule has 1 heterocycles. The summed E-state index contributed by atoms with van der Waals surface area (Å²) in [6, 6.07) is 9.54. The predicted molar refractivity (Wildman–Crippen MR) is 63.6 cm³/mol. The Bertz CT molecular complexity index is 597. The van der Waals surface area contributed by atoms with Crippen LogP contribution in [0.1, 0.15) is 21.5 Å². The quantitative estimate of drug-likeness (QED) is 0.810. The van der Waals surface area contributed by atoms with Crippen LogP contribution >= 0.6 is 0 Å². The summed E-state index contributed by atoms with van der Waals surface area (Å²) >= 11 is 0. The van der Waals surface area contributed by atoms with Gasteiger partial charge in [0.05, 0.1) is 17.3 Å². The molecule has 2 rings (SSSR count). The largest absolute Gasteiger partial charge is 0.457 e. The molecule has 0 unspecified atom stereocenters. The van der Waals surface area contributed by atoms with Gasteiger partial charge < -0.3 is 4.74 Å². The summed E-state index contributed by atoms with van der Waals surface area (Å²) in [4.78, 5) is 15.0. The predicted octanol–water partition coefficient (Wildman–Crippen LogP) is 3.26. The zero-order valence-electron chi connectivity index (χ0n) is 10.1. The van der Waals surface area contributed by atoms with Gasteiger partial charge in [0.25, 0.3) is 0 Å². The summed E-state index contributed by atoms with van der Waals surface area (Å²) in [5.41, 5.74) is -1.04. The standard InChI is InChI=1S/C14H9F3NO2/c15-14(16,17)12-8-18-7-6-11(12)13(19)20-9-10-4-2-1-3-5-10/h1-6,8H,9H2. The molecule has 1 radical (unpaired) electrons. The molecule has 0 saturated carbocycles. The molecule has 1 aromatic heterocycles. The van der Waals surface area contributed by atoms with Crippen molar-refractivity contribution in [1.82, 2.24) is 4.98 Å². The molecule has 0 fully saturated rings. The number of hydrogen-bond acceptors (Lipinski definition) is 3. The van der Waals surface area contributed by atoms with Crippen LogP contribution < -0.4 is 0 Å². The molecule has 20 heavy (non-hydrogen) atoms. The van der Waals surface area contributed by atoms with E-state index in [2.05, 4.69) is 11.2 Å². The molecule has 0 aliphatic heterocycles. The van der Waals surface area contributed by atoms with Gasteiger partial charge in [-0.05, 0) is 11.6 Å². The highest BCUT2D eigenvalue weighted by Crippen LogP contribution is 2.31. The van der Waals surface area contributed by atoms with Gasteiger partial charge in [-0.15, -0.1) is 0 Å². The van der Waals surface area contributed by atoms with Gasteiger partial charge in [0.2, 0.25) is 0 Å². The molecule has 0 aliphatic carbocycles. The van der Waals surface area contributed by atoms with Crippen LogP contribution in [0.4, 0.5) is 13.2 Å². The summed E-state index contributed by atoms with van der Waals surface area (Å²) in [5.74, 6) is -1.06. The minimum absolute atomic E-state index is 0.0979.